The van der Waals surface area contributed by atoms with Gasteiger partial charge in [-0.2, -0.15) is 0 Å². The molecule has 1 amide bonds. The minimum absolute atomic E-state index is 0.00466. The second-order valence-electron chi connectivity index (χ2n) is 7.72. The Morgan fingerprint density at radius 1 is 0.933 bits per heavy atom. The number of aryl methyl sites for hydroxylation is 4. The maximum atomic E-state index is 12.4. The minimum Gasteiger partial charge on any atom is -0.425 e. The number of nitrogens with zero attached hydrogens (tertiary/aromatic N) is 2. The molecule has 5 heteroatoms. The molecule has 1 N–H and O–H groups in total. The molecule has 0 bridgehead atoms. The topological polar surface area (TPSA) is 68.0 Å². The lowest BCUT2D eigenvalue weighted by Gasteiger charge is -2.17. The lowest BCUT2D eigenvalue weighted by molar-refractivity contribution is -0.121. The van der Waals surface area contributed by atoms with E-state index in [-0.39, 0.29) is 11.9 Å². The summed E-state index contributed by atoms with van der Waals surface area (Å²) < 4.78 is 5.71. The van der Waals surface area contributed by atoms with Gasteiger partial charge in [0, 0.05) is 19.3 Å². The fourth-order valence-electron chi connectivity index (χ4n) is 3.45. The fourth-order valence-corrected chi connectivity index (χ4v) is 3.45. The second kappa shape index (κ2) is 11.3. The fraction of sp³-hybridized carbons (Fsp3) is 0.400. The largest absolute Gasteiger partial charge is 0.425 e. The van der Waals surface area contributed by atoms with Crippen molar-refractivity contribution in [2.75, 3.05) is 0 Å². The van der Waals surface area contributed by atoms with Crippen LogP contribution in [0.3, 0.4) is 0 Å². The van der Waals surface area contributed by atoms with Crippen molar-refractivity contribution in [3.8, 4) is 0 Å². The van der Waals surface area contributed by atoms with E-state index in [0.29, 0.717) is 24.6 Å². The third kappa shape index (κ3) is 6.83. The third-order valence-electron chi connectivity index (χ3n) is 5.25. The summed E-state index contributed by atoms with van der Waals surface area (Å²) in [7, 11) is 0. The first-order valence-corrected chi connectivity index (χ1v) is 10.8. The van der Waals surface area contributed by atoms with Gasteiger partial charge in [0.1, 0.15) is 0 Å². The zero-order chi connectivity index (χ0) is 21.2. The quantitative estimate of drug-likeness (QED) is 0.448. The molecule has 3 rings (SSSR count). The van der Waals surface area contributed by atoms with Gasteiger partial charge in [0.15, 0.2) is 0 Å². The Balaban J connectivity index is 1.38. The molecular formula is C25H31N3O2. The Kier molecular flexibility index (Phi) is 8.19. The molecule has 5 nitrogen and oxygen atoms in total. The molecule has 1 heterocycles. The van der Waals surface area contributed by atoms with Crippen LogP contribution in [0.15, 0.2) is 59.0 Å². The van der Waals surface area contributed by atoms with E-state index in [1.165, 1.54) is 11.1 Å². The van der Waals surface area contributed by atoms with Crippen LogP contribution in [0, 0.1) is 6.92 Å². The van der Waals surface area contributed by atoms with Gasteiger partial charge < -0.3 is 9.73 Å². The van der Waals surface area contributed by atoms with E-state index >= 15 is 0 Å². The number of benzene rings is 2. The van der Waals surface area contributed by atoms with Crippen LogP contribution in [0.2, 0.25) is 0 Å². The molecule has 0 spiro atoms. The predicted octanol–water partition coefficient (Wildman–Crippen LogP) is 5.14. The van der Waals surface area contributed by atoms with Gasteiger partial charge in [-0.05, 0) is 43.7 Å². The van der Waals surface area contributed by atoms with Gasteiger partial charge in [0.25, 0.3) is 0 Å². The highest BCUT2D eigenvalue weighted by atomic mass is 16.4. The van der Waals surface area contributed by atoms with Crippen molar-refractivity contribution in [2.24, 2.45) is 0 Å². The van der Waals surface area contributed by atoms with E-state index in [1.54, 1.807) is 0 Å². The molecule has 2 aromatic carbocycles. The van der Waals surface area contributed by atoms with Crippen LogP contribution < -0.4 is 5.32 Å². The van der Waals surface area contributed by atoms with Gasteiger partial charge >= 0.3 is 0 Å². The summed E-state index contributed by atoms with van der Waals surface area (Å²) in [5.74, 6) is 1.20. The molecule has 0 aliphatic carbocycles. The van der Waals surface area contributed by atoms with Crippen LogP contribution in [0.4, 0.5) is 0 Å². The third-order valence-corrected chi connectivity index (χ3v) is 5.25. The van der Waals surface area contributed by atoms with Crippen molar-refractivity contribution in [1.82, 2.24) is 15.5 Å². The predicted molar refractivity (Wildman–Crippen MR) is 118 cm³/mol. The summed E-state index contributed by atoms with van der Waals surface area (Å²) in [4.78, 5) is 12.4. The first kappa shape index (κ1) is 21.8. The number of nitrogens with one attached hydrogen (secondary N) is 1. The van der Waals surface area contributed by atoms with Gasteiger partial charge in [-0.25, -0.2) is 0 Å². The Hall–Kier alpha value is -2.95. The Morgan fingerprint density at radius 2 is 1.60 bits per heavy atom. The molecule has 1 aromatic heterocycles. The number of carbonyl (C=O) groups excluding carboxylic acids is 1. The monoisotopic (exact) mass is 405 g/mol. The molecule has 0 fully saturated rings. The van der Waals surface area contributed by atoms with Crippen LogP contribution in [0.5, 0.6) is 0 Å². The summed E-state index contributed by atoms with van der Waals surface area (Å²) in [6, 6.07) is 18.8. The van der Waals surface area contributed by atoms with Crippen LogP contribution in [0.1, 0.15) is 67.1 Å². The highest BCUT2D eigenvalue weighted by molar-refractivity contribution is 5.76. The van der Waals surface area contributed by atoms with Crippen molar-refractivity contribution in [1.29, 1.82) is 0 Å². The van der Waals surface area contributed by atoms with E-state index in [2.05, 4.69) is 77.9 Å². The normalized spacial score (nSPS) is 11.9. The van der Waals surface area contributed by atoms with Gasteiger partial charge in [0.2, 0.25) is 17.7 Å². The van der Waals surface area contributed by atoms with E-state index in [1.807, 2.05) is 6.07 Å². The minimum atomic E-state index is 0.00466. The summed E-state index contributed by atoms with van der Waals surface area (Å²) in [5.41, 5.74) is 3.70. The zero-order valence-corrected chi connectivity index (χ0v) is 17.9. The number of aromatic nitrogens is 2. The summed E-state index contributed by atoms with van der Waals surface area (Å²) >= 11 is 0. The highest BCUT2D eigenvalue weighted by Gasteiger charge is 2.14. The average molecular weight is 406 g/mol. The van der Waals surface area contributed by atoms with Crippen LogP contribution in [-0.4, -0.2) is 16.1 Å². The smallest absolute Gasteiger partial charge is 0.220 e. The summed E-state index contributed by atoms with van der Waals surface area (Å²) in [6.07, 6.45) is 5.58. The molecule has 3 aromatic rings. The van der Waals surface area contributed by atoms with E-state index in [0.717, 1.165) is 37.7 Å². The molecule has 1 atom stereocenters. The van der Waals surface area contributed by atoms with Crippen LogP contribution in [0.25, 0.3) is 0 Å². The summed E-state index contributed by atoms with van der Waals surface area (Å²) in [5, 5.41) is 11.3. The molecule has 0 radical (unpaired) electrons. The first-order chi connectivity index (χ1) is 14.6. The Morgan fingerprint density at radius 3 is 2.30 bits per heavy atom. The van der Waals surface area contributed by atoms with E-state index in [9.17, 15) is 4.79 Å². The number of hydrogen-bond acceptors (Lipinski definition) is 4. The van der Waals surface area contributed by atoms with Crippen molar-refractivity contribution in [2.45, 2.75) is 64.8 Å². The van der Waals surface area contributed by atoms with Gasteiger partial charge in [-0.15, -0.1) is 10.2 Å². The zero-order valence-electron chi connectivity index (χ0n) is 17.9. The maximum Gasteiger partial charge on any atom is 0.220 e. The van der Waals surface area contributed by atoms with Crippen LogP contribution >= 0.6 is 0 Å². The maximum absolute atomic E-state index is 12.4. The molecule has 30 heavy (non-hydrogen) atoms. The number of carbonyl (C=O) groups is 1. The molecule has 0 aliphatic rings. The molecule has 158 valence electrons. The lowest BCUT2D eigenvalue weighted by atomic mass is 10.0. The van der Waals surface area contributed by atoms with Crippen molar-refractivity contribution in [3.63, 3.8) is 0 Å². The van der Waals surface area contributed by atoms with Crippen molar-refractivity contribution in [3.05, 3.63) is 83.1 Å². The number of amides is 1. The molecular weight excluding hydrogens is 374 g/mol. The van der Waals surface area contributed by atoms with Gasteiger partial charge in [-0.1, -0.05) is 67.1 Å². The second-order valence-corrected chi connectivity index (χ2v) is 7.72. The standard InChI is InChI=1S/C25H31N3O2/c1-3-22(21-15-13-19(2)14-16-21)26-23(29)17-18-25-28-27-24(30-25)12-8-7-11-20-9-5-4-6-10-20/h4-6,9-10,13-16,22H,3,7-8,11-12,17-18H2,1-2H3,(H,26,29)/t22-/m0/s1. The Labute approximate surface area is 178 Å². The average Bonchev–Trinajstić information content (AvgIpc) is 3.23. The lowest BCUT2D eigenvalue weighted by Crippen LogP contribution is -2.28. The SMILES string of the molecule is CC[C@H](NC(=O)CCc1nnc(CCCCc2ccccc2)o1)c1ccc(C)cc1. The number of unbranched alkanes of at least 4 members (excludes halogenated alkanes) is 1. The molecule has 0 saturated heterocycles. The van der Waals surface area contributed by atoms with Gasteiger partial charge in [0.05, 0.1) is 6.04 Å². The molecule has 0 saturated carbocycles. The number of rotatable bonds is 11. The summed E-state index contributed by atoms with van der Waals surface area (Å²) in [6.45, 7) is 4.14. The van der Waals surface area contributed by atoms with Crippen molar-refractivity contribution >= 4 is 5.91 Å². The molecule has 0 unspecified atom stereocenters. The number of hydrogen-bond donors (Lipinski definition) is 1. The van der Waals surface area contributed by atoms with Gasteiger partial charge in [-0.3, -0.25) is 4.79 Å². The van der Waals surface area contributed by atoms with Crippen molar-refractivity contribution < 1.29 is 9.21 Å². The first-order valence-electron chi connectivity index (χ1n) is 10.8. The molecule has 0 aliphatic heterocycles. The highest BCUT2D eigenvalue weighted by Crippen LogP contribution is 2.17. The Bertz CT molecular complexity index is 904. The van der Waals surface area contributed by atoms with E-state index in [4.69, 9.17) is 4.42 Å². The van der Waals surface area contributed by atoms with E-state index < -0.39 is 0 Å². The van der Waals surface area contributed by atoms with Crippen LogP contribution in [-0.2, 0) is 24.1 Å².